The maximum absolute atomic E-state index is 11.4. The molecule has 120 valence electrons. The van der Waals surface area contributed by atoms with E-state index in [0.29, 0.717) is 19.4 Å². The molecule has 2 N–H and O–H groups in total. The Hall–Kier alpha value is -1.68. The van der Waals surface area contributed by atoms with E-state index >= 15 is 0 Å². The summed E-state index contributed by atoms with van der Waals surface area (Å²) in [6.07, 6.45) is 5.73. The van der Waals surface area contributed by atoms with Gasteiger partial charge in [0.1, 0.15) is 6.29 Å². The zero-order valence-electron chi connectivity index (χ0n) is 13.4. The third kappa shape index (κ3) is 4.67. The average Bonchev–Trinajstić information content (AvgIpc) is 3.34. The number of carbonyl (C=O) groups excluding carboxylic acids is 2. The maximum atomic E-state index is 11.4. The van der Waals surface area contributed by atoms with Crippen LogP contribution in [-0.4, -0.2) is 25.3 Å². The summed E-state index contributed by atoms with van der Waals surface area (Å²) < 4.78 is 0. The number of rotatable bonds is 10. The molecule has 1 aromatic carbocycles. The fourth-order valence-corrected chi connectivity index (χ4v) is 2.70. The van der Waals surface area contributed by atoms with Crippen LogP contribution in [0.3, 0.4) is 0 Å². The smallest absolute Gasteiger partial charge is 0.220 e. The third-order valence-electron chi connectivity index (χ3n) is 4.27. The summed E-state index contributed by atoms with van der Waals surface area (Å²) in [6, 6.07) is 8.83. The Morgan fingerprint density at radius 3 is 2.82 bits per heavy atom. The summed E-state index contributed by atoms with van der Waals surface area (Å²) in [5.41, 5.74) is 2.93. The van der Waals surface area contributed by atoms with E-state index in [2.05, 4.69) is 41.8 Å². The second kappa shape index (κ2) is 8.08. The molecular weight excluding hydrogens is 276 g/mol. The molecule has 0 aliphatic heterocycles. The SMILES string of the molecule is CCc1cccc(C2(NCCCNC(=O)CCC=O)CC2)c1. The van der Waals surface area contributed by atoms with E-state index in [1.54, 1.807) is 0 Å². The lowest BCUT2D eigenvalue weighted by Crippen LogP contribution is -2.32. The Bertz CT molecular complexity index is 510. The molecule has 0 heterocycles. The highest BCUT2D eigenvalue weighted by atomic mass is 16.1. The average molecular weight is 302 g/mol. The Morgan fingerprint density at radius 1 is 1.32 bits per heavy atom. The molecule has 1 aliphatic carbocycles. The van der Waals surface area contributed by atoms with Crippen LogP contribution in [-0.2, 0) is 21.5 Å². The Morgan fingerprint density at radius 2 is 2.14 bits per heavy atom. The minimum atomic E-state index is -0.0381. The van der Waals surface area contributed by atoms with Gasteiger partial charge in [0.25, 0.3) is 0 Å². The van der Waals surface area contributed by atoms with Gasteiger partial charge < -0.3 is 15.4 Å². The lowest BCUT2D eigenvalue weighted by atomic mass is 10.0. The lowest BCUT2D eigenvalue weighted by Gasteiger charge is -2.19. The summed E-state index contributed by atoms with van der Waals surface area (Å²) in [5.74, 6) is -0.0381. The van der Waals surface area contributed by atoms with E-state index in [1.807, 2.05) is 0 Å². The van der Waals surface area contributed by atoms with Crippen LogP contribution in [0.15, 0.2) is 24.3 Å². The monoisotopic (exact) mass is 302 g/mol. The van der Waals surface area contributed by atoms with Crippen LogP contribution in [0.2, 0.25) is 0 Å². The molecule has 2 rings (SSSR count). The third-order valence-corrected chi connectivity index (χ3v) is 4.27. The first-order valence-corrected chi connectivity index (χ1v) is 8.25. The van der Waals surface area contributed by atoms with Gasteiger partial charge >= 0.3 is 0 Å². The van der Waals surface area contributed by atoms with Gasteiger partial charge in [-0.05, 0) is 43.4 Å². The molecule has 1 amide bonds. The molecule has 0 saturated heterocycles. The highest BCUT2D eigenvalue weighted by Crippen LogP contribution is 2.45. The number of benzene rings is 1. The van der Waals surface area contributed by atoms with E-state index in [0.717, 1.165) is 25.7 Å². The first-order valence-electron chi connectivity index (χ1n) is 8.25. The summed E-state index contributed by atoms with van der Waals surface area (Å²) >= 11 is 0. The van der Waals surface area contributed by atoms with E-state index in [-0.39, 0.29) is 11.4 Å². The highest BCUT2D eigenvalue weighted by molar-refractivity contribution is 5.77. The molecule has 1 saturated carbocycles. The van der Waals surface area contributed by atoms with Gasteiger partial charge in [0, 0.05) is 24.9 Å². The molecule has 0 spiro atoms. The van der Waals surface area contributed by atoms with E-state index in [4.69, 9.17) is 0 Å². The second-order valence-electron chi connectivity index (χ2n) is 5.97. The quantitative estimate of drug-likeness (QED) is 0.515. The van der Waals surface area contributed by atoms with Gasteiger partial charge in [-0.15, -0.1) is 0 Å². The maximum Gasteiger partial charge on any atom is 0.220 e. The lowest BCUT2D eigenvalue weighted by molar-refractivity contribution is -0.122. The Balaban J connectivity index is 1.70. The number of hydrogen-bond donors (Lipinski definition) is 2. The van der Waals surface area contributed by atoms with Gasteiger partial charge in [-0.1, -0.05) is 31.2 Å². The Labute approximate surface area is 132 Å². The normalized spacial score (nSPS) is 15.3. The van der Waals surface area contributed by atoms with Crippen molar-refractivity contribution >= 4 is 12.2 Å². The van der Waals surface area contributed by atoms with Crippen LogP contribution in [0.25, 0.3) is 0 Å². The van der Waals surface area contributed by atoms with Crippen molar-refractivity contribution in [3.8, 4) is 0 Å². The first-order chi connectivity index (χ1) is 10.7. The molecule has 22 heavy (non-hydrogen) atoms. The van der Waals surface area contributed by atoms with Crippen molar-refractivity contribution in [3.63, 3.8) is 0 Å². The number of amides is 1. The van der Waals surface area contributed by atoms with E-state index in [1.165, 1.54) is 24.0 Å². The minimum Gasteiger partial charge on any atom is -0.356 e. The molecular formula is C18H26N2O2. The fraction of sp³-hybridized carbons (Fsp3) is 0.556. The Kier molecular flexibility index (Phi) is 6.13. The van der Waals surface area contributed by atoms with Crippen molar-refractivity contribution in [1.29, 1.82) is 0 Å². The number of nitrogens with one attached hydrogen (secondary N) is 2. The van der Waals surface area contributed by atoms with Crippen molar-refractivity contribution in [1.82, 2.24) is 10.6 Å². The van der Waals surface area contributed by atoms with E-state index < -0.39 is 0 Å². The number of carbonyl (C=O) groups is 2. The van der Waals surface area contributed by atoms with Crippen LogP contribution in [0.5, 0.6) is 0 Å². The van der Waals surface area contributed by atoms with Gasteiger partial charge in [0.05, 0.1) is 0 Å². The summed E-state index contributed by atoms with van der Waals surface area (Å²) in [5, 5.41) is 6.49. The van der Waals surface area contributed by atoms with Crippen molar-refractivity contribution in [2.24, 2.45) is 0 Å². The zero-order valence-corrected chi connectivity index (χ0v) is 13.4. The van der Waals surface area contributed by atoms with Crippen LogP contribution in [0, 0.1) is 0 Å². The molecule has 4 heteroatoms. The van der Waals surface area contributed by atoms with Crippen LogP contribution < -0.4 is 10.6 Å². The summed E-state index contributed by atoms with van der Waals surface area (Å²) in [7, 11) is 0. The predicted molar refractivity (Wildman–Crippen MR) is 87.7 cm³/mol. The van der Waals surface area contributed by atoms with E-state index in [9.17, 15) is 9.59 Å². The molecule has 0 bridgehead atoms. The van der Waals surface area contributed by atoms with Gasteiger partial charge in [0.2, 0.25) is 5.91 Å². The molecule has 0 atom stereocenters. The standard InChI is InChI=1S/C18H26N2O2/c1-2-15-6-3-7-16(14-15)18(9-10-18)20-12-5-11-19-17(22)8-4-13-21/h3,6-7,13-14,20H,2,4-5,8-12H2,1H3,(H,19,22). The molecule has 4 nitrogen and oxygen atoms in total. The van der Waals surface area contributed by atoms with Crippen molar-refractivity contribution in [3.05, 3.63) is 35.4 Å². The summed E-state index contributed by atoms with van der Waals surface area (Å²) in [4.78, 5) is 21.6. The molecule has 1 aromatic rings. The number of aryl methyl sites for hydroxylation is 1. The fourth-order valence-electron chi connectivity index (χ4n) is 2.70. The second-order valence-corrected chi connectivity index (χ2v) is 5.97. The molecule has 0 unspecified atom stereocenters. The predicted octanol–water partition coefficient (Wildman–Crippen LogP) is 2.31. The van der Waals surface area contributed by atoms with Gasteiger partial charge in [0.15, 0.2) is 0 Å². The van der Waals surface area contributed by atoms with Crippen LogP contribution >= 0.6 is 0 Å². The molecule has 1 fully saturated rings. The van der Waals surface area contributed by atoms with Crippen molar-refractivity contribution in [2.45, 2.75) is 51.0 Å². The first kappa shape index (κ1) is 16.7. The topological polar surface area (TPSA) is 58.2 Å². The number of aldehydes is 1. The largest absolute Gasteiger partial charge is 0.356 e. The van der Waals surface area contributed by atoms with Crippen LogP contribution in [0.1, 0.15) is 50.2 Å². The van der Waals surface area contributed by atoms with Gasteiger partial charge in [-0.3, -0.25) is 4.79 Å². The molecule has 0 aromatic heterocycles. The highest BCUT2D eigenvalue weighted by Gasteiger charge is 2.43. The van der Waals surface area contributed by atoms with Gasteiger partial charge in [-0.25, -0.2) is 0 Å². The molecule has 1 aliphatic rings. The summed E-state index contributed by atoms with van der Waals surface area (Å²) in [6.45, 7) is 3.74. The zero-order chi connectivity index (χ0) is 15.8. The minimum absolute atomic E-state index is 0.0381. The van der Waals surface area contributed by atoms with Crippen LogP contribution in [0.4, 0.5) is 0 Å². The number of hydrogen-bond acceptors (Lipinski definition) is 3. The molecule has 0 radical (unpaired) electrons. The van der Waals surface area contributed by atoms with Gasteiger partial charge in [-0.2, -0.15) is 0 Å². The van der Waals surface area contributed by atoms with Crippen molar-refractivity contribution in [2.75, 3.05) is 13.1 Å². The van der Waals surface area contributed by atoms with Crippen molar-refractivity contribution < 1.29 is 9.59 Å².